The molecule has 0 aliphatic carbocycles. The molecule has 3 rings (SSSR count). The predicted octanol–water partition coefficient (Wildman–Crippen LogP) is 2.09. The quantitative estimate of drug-likeness (QED) is 0.688. The molecule has 0 aliphatic heterocycles. The molecule has 0 fully saturated rings. The van der Waals surface area contributed by atoms with Crippen molar-refractivity contribution in [2.75, 3.05) is 5.32 Å². The summed E-state index contributed by atoms with van der Waals surface area (Å²) < 4.78 is 0. The first-order chi connectivity index (χ1) is 11.1. The van der Waals surface area contributed by atoms with Crippen LogP contribution in [-0.2, 0) is 13.0 Å². The average Bonchev–Trinajstić information content (AvgIpc) is 2.54. The Morgan fingerprint density at radius 1 is 1.13 bits per heavy atom. The topological polar surface area (TPSA) is 90.6 Å². The Hall–Kier alpha value is -2.89. The molecule has 0 aliphatic rings. The van der Waals surface area contributed by atoms with E-state index in [0.29, 0.717) is 22.4 Å². The average molecular weight is 310 g/mol. The van der Waals surface area contributed by atoms with Crippen molar-refractivity contribution in [2.45, 2.75) is 26.8 Å². The molecule has 0 bridgehead atoms. The standard InChI is InChI=1S/C17H18N4O2/c1-3-11-8-14(17(23)19-10(11)2)18-9-15-20-13-7-5-4-6-12(13)16(22)21-15/h4-8,18H,3,9H2,1-2H3,(H,19,23)(H,20,21,22). The molecular weight excluding hydrogens is 292 g/mol. The fourth-order valence-electron chi connectivity index (χ4n) is 2.56. The first-order valence-electron chi connectivity index (χ1n) is 7.53. The van der Waals surface area contributed by atoms with Crippen molar-refractivity contribution in [1.82, 2.24) is 15.0 Å². The molecule has 0 saturated carbocycles. The lowest BCUT2D eigenvalue weighted by molar-refractivity contribution is 0.942. The Balaban J connectivity index is 1.89. The lowest BCUT2D eigenvalue weighted by Gasteiger charge is -2.09. The van der Waals surface area contributed by atoms with E-state index >= 15 is 0 Å². The summed E-state index contributed by atoms with van der Waals surface area (Å²) >= 11 is 0. The summed E-state index contributed by atoms with van der Waals surface area (Å²) in [6.45, 7) is 4.19. The molecule has 1 aromatic carbocycles. The van der Waals surface area contributed by atoms with Gasteiger partial charge in [-0.15, -0.1) is 0 Å². The van der Waals surface area contributed by atoms with Crippen LogP contribution in [0.15, 0.2) is 39.9 Å². The van der Waals surface area contributed by atoms with E-state index in [-0.39, 0.29) is 17.7 Å². The highest BCUT2D eigenvalue weighted by atomic mass is 16.1. The van der Waals surface area contributed by atoms with Gasteiger partial charge in [0.05, 0.1) is 17.4 Å². The maximum Gasteiger partial charge on any atom is 0.271 e. The second-order valence-electron chi connectivity index (χ2n) is 5.40. The molecule has 0 unspecified atom stereocenters. The highest BCUT2D eigenvalue weighted by Gasteiger charge is 2.07. The zero-order valence-corrected chi connectivity index (χ0v) is 13.1. The monoisotopic (exact) mass is 310 g/mol. The normalized spacial score (nSPS) is 10.9. The van der Waals surface area contributed by atoms with Crippen LogP contribution in [0, 0.1) is 6.92 Å². The van der Waals surface area contributed by atoms with Gasteiger partial charge in [0.25, 0.3) is 11.1 Å². The Bertz CT molecular complexity index is 972. The van der Waals surface area contributed by atoms with Crippen molar-refractivity contribution in [3.8, 4) is 0 Å². The van der Waals surface area contributed by atoms with Gasteiger partial charge < -0.3 is 15.3 Å². The second kappa shape index (κ2) is 6.08. The van der Waals surface area contributed by atoms with Crippen LogP contribution in [0.1, 0.15) is 24.0 Å². The van der Waals surface area contributed by atoms with Crippen LogP contribution in [0.2, 0.25) is 0 Å². The molecule has 118 valence electrons. The number of aryl methyl sites for hydroxylation is 2. The van der Waals surface area contributed by atoms with Crippen LogP contribution in [-0.4, -0.2) is 15.0 Å². The third kappa shape index (κ3) is 3.01. The van der Waals surface area contributed by atoms with E-state index in [2.05, 4.69) is 20.3 Å². The molecule has 2 heterocycles. The van der Waals surface area contributed by atoms with Crippen LogP contribution in [0.25, 0.3) is 10.9 Å². The van der Waals surface area contributed by atoms with Crippen molar-refractivity contribution < 1.29 is 0 Å². The zero-order valence-electron chi connectivity index (χ0n) is 13.1. The molecule has 2 aromatic heterocycles. The van der Waals surface area contributed by atoms with Gasteiger partial charge in [-0.05, 0) is 37.1 Å². The molecule has 6 nitrogen and oxygen atoms in total. The minimum atomic E-state index is -0.181. The van der Waals surface area contributed by atoms with Crippen LogP contribution in [0.5, 0.6) is 0 Å². The van der Waals surface area contributed by atoms with Gasteiger partial charge in [-0.2, -0.15) is 0 Å². The molecule has 6 heteroatoms. The molecule has 23 heavy (non-hydrogen) atoms. The van der Waals surface area contributed by atoms with Gasteiger partial charge in [0.2, 0.25) is 0 Å². The number of nitrogens with zero attached hydrogens (tertiary/aromatic N) is 1. The fraction of sp³-hybridized carbons (Fsp3) is 0.235. The summed E-state index contributed by atoms with van der Waals surface area (Å²) in [6, 6.07) is 9.01. The maximum absolute atomic E-state index is 12.0. The van der Waals surface area contributed by atoms with E-state index in [0.717, 1.165) is 17.7 Å². The number of aromatic amines is 2. The first-order valence-corrected chi connectivity index (χ1v) is 7.53. The third-order valence-electron chi connectivity index (χ3n) is 3.83. The van der Waals surface area contributed by atoms with Crippen molar-refractivity contribution in [1.29, 1.82) is 0 Å². The van der Waals surface area contributed by atoms with E-state index in [1.165, 1.54) is 0 Å². The third-order valence-corrected chi connectivity index (χ3v) is 3.83. The van der Waals surface area contributed by atoms with Crippen molar-refractivity contribution in [3.63, 3.8) is 0 Å². The Morgan fingerprint density at radius 2 is 1.91 bits per heavy atom. The smallest absolute Gasteiger partial charge is 0.271 e. The van der Waals surface area contributed by atoms with E-state index < -0.39 is 0 Å². The van der Waals surface area contributed by atoms with Gasteiger partial charge in [0.1, 0.15) is 11.5 Å². The number of fused-ring (bicyclic) bond motifs is 1. The first kappa shape index (κ1) is 15.0. The lowest BCUT2D eigenvalue weighted by atomic mass is 10.1. The summed E-state index contributed by atoms with van der Waals surface area (Å²) in [6.07, 6.45) is 0.836. The molecule has 0 amide bonds. The van der Waals surface area contributed by atoms with Gasteiger partial charge in [0.15, 0.2) is 0 Å². The van der Waals surface area contributed by atoms with Gasteiger partial charge in [-0.25, -0.2) is 4.98 Å². The van der Waals surface area contributed by atoms with E-state index in [4.69, 9.17) is 0 Å². The number of hydrogen-bond acceptors (Lipinski definition) is 4. The van der Waals surface area contributed by atoms with Crippen LogP contribution < -0.4 is 16.4 Å². The molecule has 0 saturated heterocycles. The Labute approximate surface area is 132 Å². The number of benzene rings is 1. The van der Waals surface area contributed by atoms with Gasteiger partial charge in [-0.1, -0.05) is 19.1 Å². The number of anilines is 1. The number of para-hydroxylation sites is 1. The fourth-order valence-corrected chi connectivity index (χ4v) is 2.56. The molecular formula is C17H18N4O2. The van der Waals surface area contributed by atoms with Crippen LogP contribution in [0.3, 0.4) is 0 Å². The van der Waals surface area contributed by atoms with Crippen molar-refractivity contribution in [2.24, 2.45) is 0 Å². The second-order valence-corrected chi connectivity index (χ2v) is 5.40. The van der Waals surface area contributed by atoms with Crippen molar-refractivity contribution >= 4 is 16.6 Å². The van der Waals surface area contributed by atoms with E-state index in [1.807, 2.05) is 26.0 Å². The summed E-state index contributed by atoms with van der Waals surface area (Å²) in [5.74, 6) is 0.492. The molecule has 3 aromatic rings. The maximum atomic E-state index is 12.0. The highest BCUT2D eigenvalue weighted by molar-refractivity contribution is 5.77. The number of pyridine rings is 1. The van der Waals surface area contributed by atoms with Gasteiger partial charge in [-0.3, -0.25) is 9.59 Å². The molecule has 0 spiro atoms. The van der Waals surface area contributed by atoms with Crippen LogP contribution in [0.4, 0.5) is 5.69 Å². The number of rotatable bonds is 4. The lowest BCUT2D eigenvalue weighted by Crippen LogP contribution is -2.19. The Morgan fingerprint density at radius 3 is 2.70 bits per heavy atom. The number of nitrogens with one attached hydrogen (secondary N) is 3. The molecule has 0 atom stereocenters. The van der Waals surface area contributed by atoms with E-state index in [1.54, 1.807) is 18.2 Å². The molecule has 0 radical (unpaired) electrons. The molecule has 3 N–H and O–H groups in total. The Kier molecular flexibility index (Phi) is 3.97. The van der Waals surface area contributed by atoms with Crippen molar-refractivity contribution in [3.05, 3.63) is 68.1 Å². The SMILES string of the molecule is CCc1cc(NCc2nc3ccccc3c(=O)[nH]2)c(=O)[nH]c1C. The zero-order chi connectivity index (χ0) is 16.4. The number of H-pyrrole nitrogens is 2. The van der Waals surface area contributed by atoms with Gasteiger partial charge >= 0.3 is 0 Å². The highest BCUT2D eigenvalue weighted by Crippen LogP contribution is 2.10. The summed E-state index contributed by atoms with van der Waals surface area (Å²) in [5, 5.41) is 3.60. The minimum absolute atomic E-state index is 0.178. The van der Waals surface area contributed by atoms with E-state index in [9.17, 15) is 9.59 Å². The summed E-state index contributed by atoms with van der Waals surface area (Å²) in [7, 11) is 0. The largest absolute Gasteiger partial charge is 0.373 e. The predicted molar refractivity (Wildman–Crippen MR) is 90.9 cm³/mol. The van der Waals surface area contributed by atoms with Gasteiger partial charge in [0, 0.05) is 5.69 Å². The summed E-state index contributed by atoms with van der Waals surface area (Å²) in [5.41, 5.74) is 2.71. The number of hydrogen-bond donors (Lipinski definition) is 3. The number of aromatic nitrogens is 3. The minimum Gasteiger partial charge on any atom is -0.373 e. The van der Waals surface area contributed by atoms with Crippen LogP contribution >= 0.6 is 0 Å². The summed E-state index contributed by atoms with van der Waals surface area (Å²) in [4.78, 5) is 34.0.